The first-order chi connectivity index (χ1) is 8.26. The Morgan fingerprint density at radius 2 is 2.24 bits per heavy atom. The molecule has 0 aliphatic carbocycles. The van der Waals surface area contributed by atoms with Gasteiger partial charge >= 0.3 is 0 Å². The van der Waals surface area contributed by atoms with E-state index in [1.165, 1.54) is 0 Å². The molecule has 0 saturated carbocycles. The van der Waals surface area contributed by atoms with Crippen LogP contribution in [0, 0.1) is 0 Å². The lowest BCUT2D eigenvalue weighted by molar-refractivity contribution is 0.415. The van der Waals surface area contributed by atoms with E-state index in [0.29, 0.717) is 0 Å². The summed E-state index contributed by atoms with van der Waals surface area (Å²) >= 11 is 3.53. The number of halogens is 1. The number of rotatable bonds is 4. The van der Waals surface area contributed by atoms with Crippen molar-refractivity contribution in [1.82, 2.24) is 14.8 Å². The van der Waals surface area contributed by atoms with Gasteiger partial charge in [0.05, 0.1) is 7.11 Å². The summed E-state index contributed by atoms with van der Waals surface area (Å²) in [7, 11) is 1.66. The Balaban J connectivity index is 2.47. The molecule has 0 N–H and O–H groups in total. The highest BCUT2D eigenvalue weighted by Gasteiger charge is 2.11. The molecule has 4 nitrogen and oxygen atoms in total. The van der Waals surface area contributed by atoms with Crippen LogP contribution in [-0.4, -0.2) is 21.9 Å². The number of nitrogens with zero attached hydrogens (tertiary/aromatic N) is 3. The molecular formula is C12H14BrN3O. The molecule has 0 fully saturated rings. The average molecular weight is 296 g/mol. The summed E-state index contributed by atoms with van der Waals surface area (Å²) in [6.45, 7) is 3.04. The molecule has 17 heavy (non-hydrogen) atoms. The molecule has 5 heteroatoms. The molecule has 0 bridgehead atoms. The van der Waals surface area contributed by atoms with Gasteiger partial charge in [-0.05, 0) is 24.6 Å². The molecule has 2 aromatic rings. The van der Waals surface area contributed by atoms with Crippen LogP contribution in [0.5, 0.6) is 5.75 Å². The third-order valence-electron chi connectivity index (χ3n) is 2.49. The summed E-state index contributed by atoms with van der Waals surface area (Å²) in [6, 6.07) is 5.83. The molecule has 0 amide bonds. The number of aromatic nitrogens is 3. The maximum absolute atomic E-state index is 5.23. The van der Waals surface area contributed by atoms with Gasteiger partial charge in [0.25, 0.3) is 0 Å². The van der Waals surface area contributed by atoms with Gasteiger partial charge in [-0.15, -0.1) is 10.2 Å². The normalized spacial score (nSPS) is 10.5. The fraction of sp³-hybridized carbons (Fsp3) is 0.333. The first-order valence-electron chi connectivity index (χ1n) is 5.48. The highest BCUT2D eigenvalue weighted by Crippen LogP contribution is 2.30. The second kappa shape index (κ2) is 5.31. The molecular weight excluding hydrogens is 282 g/mol. The molecule has 1 heterocycles. The Morgan fingerprint density at radius 3 is 2.94 bits per heavy atom. The first kappa shape index (κ1) is 12.1. The summed E-state index contributed by atoms with van der Waals surface area (Å²) in [6.07, 6.45) is 2.80. The zero-order valence-corrected chi connectivity index (χ0v) is 11.4. The fourth-order valence-corrected chi connectivity index (χ4v) is 2.09. The first-order valence-corrected chi connectivity index (χ1v) is 6.27. The van der Waals surface area contributed by atoms with Crippen LogP contribution in [0.2, 0.25) is 0 Å². The molecule has 0 radical (unpaired) electrons. The number of methoxy groups -OCH3 is 1. The quantitative estimate of drug-likeness (QED) is 0.870. The minimum atomic E-state index is 0.814. The summed E-state index contributed by atoms with van der Waals surface area (Å²) in [5, 5.41) is 8.13. The predicted octanol–water partition coefficient (Wildman–Crippen LogP) is 3.13. The van der Waals surface area contributed by atoms with Gasteiger partial charge in [0, 0.05) is 16.6 Å². The van der Waals surface area contributed by atoms with E-state index >= 15 is 0 Å². The van der Waals surface area contributed by atoms with Crippen molar-refractivity contribution in [3.8, 4) is 17.1 Å². The van der Waals surface area contributed by atoms with Crippen LogP contribution in [0.4, 0.5) is 0 Å². The minimum Gasteiger partial charge on any atom is -0.497 e. The molecule has 0 unspecified atom stereocenters. The standard InChI is InChI=1S/C12H14BrN3O/c1-3-6-16-8-14-15-12(16)10-7-9(17-2)4-5-11(10)13/h4-5,7-8H,3,6H2,1-2H3. The summed E-state index contributed by atoms with van der Waals surface area (Å²) in [5.41, 5.74) is 0.996. The van der Waals surface area contributed by atoms with Crippen LogP contribution in [0.15, 0.2) is 29.0 Å². The smallest absolute Gasteiger partial charge is 0.165 e. The number of benzene rings is 1. The van der Waals surface area contributed by atoms with Gasteiger partial charge in [0.1, 0.15) is 12.1 Å². The lowest BCUT2D eigenvalue weighted by Gasteiger charge is -2.08. The molecule has 0 spiro atoms. The Labute approximate surface area is 109 Å². The van der Waals surface area contributed by atoms with Crippen molar-refractivity contribution in [2.24, 2.45) is 0 Å². The third-order valence-corrected chi connectivity index (χ3v) is 3.19. The van der Waals surface area contributed by atoms with Crippen LogP contribution in [0.1, 0.15) is 13.3 Å². The van der Waals surface area contributed by atoms with E-state index in [2.05, 4.69) is 33.1 Å². The highest BCUT2D eigenvalue weighted by atomic mass is 79.9. The van der Waals surface area contributed by atoms with Gasteiger partial charge in [-0.3, -0.25) is 0 Å². The number of hydrogen-bond acceptors (Lipinski definition) is 3. The Bertz CT molecular complexity index is 510. The highest BCUT2D eigenvalue weighted by molar-refractivity contribution is 9.10. The Kier molecular flexibility index (Phi) is 3.78. The van der Waals surface area contributed by atoms with E-state index in [0.717, 1.165) is 34.6 Å². The van der Waals surface area contributed by atoms with Gasteiger partial charge in [0.15, 0.2) is 5.82 Å². The number of ether oxygens (including phenoxy) is 1. The average Bonchev–Trinajstić information content (AvgIpc) is 2.78. The van der Waals surface area contributed by atoms with E-state index in [1.807, 2.05) is 22.8 Å². The van der Waals surface area contributed by atoms with Gasteiger partial charge in [0.2, 0.25) is 0 Å². The van der Waals surface area contributed by atoms with Gasteiger partial charge in [-0.25, -0.2) is 0 Å². The molecule has 2 rings (SSSR count). The van der Waals surface area contributed by atoms with Crippen molar-refractivity contribution >= 4 is 15.9 Å². The van der Waals surface area contributed by atoms with Gasteiger partial charge < -0.3 is 9.30 Å². The molecule has 1 aromatic carbocycles. The van der Waals surface area contributed by atoms with Crippen LogP contribution in [0.3, 0.4) is 0 Å². The van der Waals surface area contributed by atoms with Crippen LogP contribution in [-0.2, 0) is 6.54 Å². The van der Waals surface area contributed by atoms with Crippen molar-refractivity contribution in [2.75, 3.05) is 7.11 Å². The topological polar surface area (TPSA) is 39.9 Å². The molecule has 1 aromatic heterocycles. The lowest BCUT2D eigenvalue weighted by Crippen LogP contribution is -1.99. The molecule has 90 valence electrons. The summed E-state index contributed by atoms with van der Waals surface area (Å²) in [4.78, 5) is 0. The zero-order chi connectivity index (χ0) is 12.3. The second-order valence-electron chi connectivity index (χ2n) is 3.69. The van der Waals surface area contributed by atoms with Crippen molar-refractivity contribution in [3.05, 3.63) is 29.0 Å². The van der Waals surface area contributed by atoms with E-state index in [4.69, 9.17) is 4.74 Å². The van der Waals surface area contributed by atoms with Crippen molar-refractivity contribution < 1.29 is 4.74 Å². The second-order valence-corrected chi connectivity index (χ2v) is 4.55. The predicted molar refractivity (Wildman–Crippen MR) is 70.0 cm³/mol. The molecule has 0 aliphatic heterocycles. The van der Waals surface area contributed by atoms with Gasteiger partial charge in [-0.1, -0.05) is 22.9 Å². The van der Waals surface area contributed by atoms with Crippen LogP contribution < -0.4 is 4.74 Å². The third kappa shape index (κ3) is 2.49. The van der Waals surface area contributed by atoms with Crippen molar-refractivity contribution in [3.63, 3.8) is 0 Å². The Morgan fingerprint density at radius 1 is 1.41 bits per heavy atom. The SMILES string of the molecule is CCCn1cnnc1-c1cc(OC)ccc1Br. The van der Waals surface area contributed by atoms with Gasteiger partial charge in [-0.2, -0.15) is 0 Å². The lowest BCUT2D eigenvalue weighted by atomic mass is 10.2. The fourth-order valence-electron chi connectivity index (χ4n) is 1.67. The van der Waals surface area contributed by atoms with Crippen LogP contribution in [0.25, 0.3) is 11.4 Å². The Hall–Kier alpha value is -1.36. The van der Waals surface area contributed by atoms with Crippen molar-refractivity contribution in [2.45, 2.75) is 19.9 Å². The monoisotopic (exact) mass is 295 g/mol. The van der Waals surface area contributed by atoms with E-state index in [1.54, 1.807) is 13.4 Å². The summed E-state index contributed by atoms with van der Waals surface area (Å²) < 4.78 is 8.26. The number of hydrogen-bond donors (Lipinski definition) is 0. The maximum Gasteiger partial charge on any atom is 0.165 e. The maximum atomic E-state index is 5.23. The largest absolute Gasteiger partial charge is 0.497 e. The van der Waals surface area contributed by atoms with Crippen LogP contribution >= 0.6 is 15.9 Å². The molecule has 0 saturated heterocycles. The van der Waals surface area contributed by atoms with E-state index < -0.39 is 0 Å². The molecule has 0 atom stereocenters. The molecule has 0 aliphatic rings. The van der Waals surface area contributed by atoms with E-state index in [-0.39, 0.29) is 0 Å². The summed E-state index contributed by atoms with van der Waals surface area (Å²) in [5.74, 6) is 1.67. The number of aryl methyl sites for hydroxylation is 1. The zero-order valence-electron chi connectivity index (χ0n) is 9.85. The van der Waals surface area contributed by atoms with Crippen molar-refractivity contribution in [1.29, 1.82) is 0 Å². The van der Waals surface area contributed by atoms with E-state index in [9.17, 15) is 0 Å². The minimum absolute atomic E-state index is 0.814.